The number of carbonyl (C=O) groups is 1. The molecule has 2 aliphatic heterocycles. The molecular formula is C27H33N3O. The summed E-state index contributed by atoms with van der Waals surface area (Å²) >= 11 is 0. The summed E-state index contributed by atoms with van der Waals surface area (Å²) in [5.74, 6) is 0.783. The lowest BCUT2D eigenvalue weighted by Gasteiger charge is -2.39. The van der Waals surface area contributed by atoms with Crippen molar-refractivity contribution in [3.05, 3.63) is 71.4 Å². The number of hydrogen-bond acceptors (Lipinski definition) is 4. The van der Waals surface area contributed by atoms with E-state index in [2.05, 4.69) is 84.0 Å². The Balaban J connectivity index is 1.39. The van der Waals surface area contributed by atoms with Gasteiger partial charge in [-0.25, -0.2) is 0 Å². The first kappa shape index (κ1) is 20.3. The van der Waals surface area contributed by atoms with Crippen LogP contribution in [0.5, 0.6) is 0 Å². The Morgan fingerprint density at radius 3 is 2.35 bits per heavy atom. The summed E-state index contributed by atoms with van der Waals surface area (Å²) in [6, 6.07) is 19.2. The number of allylic oxidation sites excluding steroid dienone is 1. The SMILES string of the molecule is CC1(C)CC(=O)C2=C(C1)Nc1ccccc1N[C@H]2C1CCN(Cc2ccccc2)CC1. The molecule has 0 aromatic heterocycles. The highest BCUT2D eigenvalue weighted by molar-refractivity contribution is 6.00. The standard InChI is InChI=1S/C27H33N3O/c1-27(2)16-23-25(24(31)17-27)26(29-22-11-7-6-10-21(22)28-23)20-12-14-30(15-13-20)18-19-8-4-3-5-9-19/h3-11,20,26,28-29H,12-18H2,1-2H3/t26-/m0/s1. The van der Waals surface area contributed by atoms with Crippen LogP contribution in [0, 0.1) is 11.3 Å². The lowest BCUT2D eigenvalue weighted by atomic mass is 9.71. The lowest BCUT2D eigenvalue weighted by Crippen LogP contribution is -2.44. The molecule has 1 aliphatic carbocycles. The Labute approximate surface area is 185 Å². The molecule has 4 nitrogen and oxygen atoms in total. The second-order valence-corrected chi connectivity index (χ2v) is 10.2. The number of nitrogens with zero attached hydrogens (tertiary/aromatic N) is 1. The highest BCUT2D eigenvalue weighted by atomic mass is 16.1. The number of carbonyl (C=O) groups excluding carboxylic acids is 1. The minimum atomic E-state index is 0.00575. The van der Waals surface area contributed by atoms with E-state index in [1.54, 1.807) is 0 Å². The molecule has 3 aliphatic rings. The molecule has 1 atom stereocenters. The third-order valence-electron chi connectivity index (χ3n) is 7.11. The predicted molar refractivity (Wildman–Crippen MR) is 127 cm³/mol. The molecule has 0 bridgehead atoms. The number of benzene rings is 2. The van der Waals surface area contributed by atoms with E-state index < -0.39 is 0 Å². The molecule has 5 rings (SSSR count). The first-order valence-electron chi connectivity index (χ1n) is 11.6. The Bertz CT molecular complexity index is 987. The normalized spacial score (nSPS) is 23.9. The quantitative estimate of drug-likeness (QED) is 0.700. The van der Waals surface area contributed by atoms with Crippen LogP contribution in [0.2, 0.25) is 0 Å². The van der Waals surface area contributed by atoms with E-state index >= 15 is 0 Å². The minimum absolute atomic E-state index is 0.00575. The number of anilines is 2. The van der Waals surface area contributed by atoms with E-state index in [-0.39, 0.29) is 11.5 Å². The Morgan fingerprint density at radius 2 is 1.61 bits per heavy atom. The van der Waals surface area contributed by atoms with Gasteiger partial charge in [0.25, 0.3) is 0 Å². The van der Waals surface area contributed by atoms with Gasteiger partial charge in [0.05, 0.1) is 17.4 Å². The minimum Gasteiger partial charge on any atom is -0.376 e. The lowest BCUT2D eigenvalue weighted by molar-refractivity contribution is -0.118. The summed E-state index contributed by atoms with van der Waals surface area (Å²) in [6.45, 7) is 7.58. The number of para-hydroxylation sites is 2. The maximum Gasteiger partial charge on any atom is 0.163 e. The zero-order chi connectivity index (χ0) is 21.4. The summed E-state index contributed by atoms with van der Waals surface area (Å²) in [5.41, 5.74) is 5.73. The van der Waals surface area contributed by atoms with Crippen molar-refractivity contribution >= 4 is 17.2 Å². The van der Waals surface area contributed by atoms with Gasteiger partial charge in [-0.15, -0.1) is 0 Å². The van der Waals surface area contributed by atoms with Crippen molar-refractivity contribution in [2.24, 2.45) is 11.3 Å². The maximum atomic E-state index is 13.4. The van der Waals surface area contributed by atoms with Crippen molar-refractivity contribution in [3.63, 3.8) is 0 Å². The van der Waals surface area contributed by atoms with Gasteiger partial charge in [-0.05, 0) is 61.4 Å². The predicted octanol–water partition coefficient (Wildman–Crippen LogP) is 5.45. The van der Waals surface area contributed by atoms with E-state index in [0.717, 1.165) is 61.5 Å². The topological polar surface area (TPSA) is 44.4 Å². The third-order valence-corrected chi connectivity index (χ3v) is 7.11. The van der Waals surface area contributed by atoms with Crippen LogP contribution >= 0.6 is 0 Å². The fourth-order valence-electron chi connectivity index (χ4n) is 5.57. The second kappa shape index (κ2) is 8.16. The van der Waals surface area contributed by atoms with Gasteiger partial charge in [-0.3, -0.25) is 9.69 Å². The number of Topliss-reactive ketones (excluding diaryl/α,β-unsaturated/α-hetero) is 1. The Hall–Kier alpha value is -2.59. The molecule has 162 valence electrons. The van der Waals surface area contributed by atoms with Crippen LogP contribution in [-0.4, -0.2) is 29.8 Å². The summed E-state index contributed by atoms with van der Waals surface area (Å²) in [5, 5.41) is 7.43. The van der Waals surface area contributed by atoms with Crippen LogP contribution in [0.3, 0.4) is 0 Å². The van der Waals surface area contributed by atoms with E-state index in [9.17, 15) is 4.79 Å². The van der Waals surface area contributed by atoms with Crippen molar-refractivity contribution in [3.8, 4) is 0 Å². The van der Waals surface area contributed by atoms with E-state index in [0.29, 0.717) is 18.1 Å². The van der Waals surface area contributed by atoms with Crippen molar-refractivity contribution in [2.75, 3.05) is 23.7 Å². The van der Waals surface area contributed by atoms with Gasteiger partial charge >= 0.3 is 0 Å². The molecule has 31 heavy (non-hydrogen) atoms. The monoisotopic (exact) mass is 415 g/mol. The van der Waals surface area contributed by atoms with Crippen LogP contribution in [-0.2, 0) is 11.3 Å². The third kappa shape index (κ3) is 4.27. The molecule has 2 heterocycles. The van der Waals surface area contributed by atoms with Gasteiger partial charge < -0.3 is 10.6 Å². The molecule has 2 N–H and O–H groups in total. The van der Waals surface area contributed by atoms with Crippen LogP contribution < -0.4 is 10.6 Å². The summed E-state index contributed by atoms with van der Waals surface area (Å²) in [7, 11) is 0. The van der Waals surface area contributed by atoms with Crippen LogP contribution in [0.1, 0.15) is 45.1 Å². The van der Waals surface area contributed by atoms with Crippen molar-refractivity contribution < 1.29 is 4.79 Å². The fraction of sp³-hybridized carbons (Fsp3) is 0.444. The second-order valence-electron chi connectivity index (χ2n) is 10.2. The summed E-state index contributed by atoms with van der Waals surface area (Å²) in [4.78, 5) is 15.9. The number of piperidine rings is 1. The van der Waals surface area contributed by atoms with Crippen molar-refractivity contribution in [1.82, 2.24) is 4.90 Å². The van der Waals surface area contributed by atoms with Gasteiger partial charge in [-0.2, -0.15) is 0 Å². The number of rotatable bonds is 3. The summed E-state index contributed by atoms with van der Waals surface area (Å²) in [6.07, 6.45) is 3.78. The van der Waals surface area contributed by atoms with Crippen molar-refractivity contribution in [2.45, 2.75) is 52.1 Å². The highest BCUT2D eigenvalue weighted by Crippen LogP contribution is 2.44. The molecule has 0 spiro atoms. The molecule has 2 aromatic rings. The summed E-state index contributed by atoms with van der Waals surface area (Å²) < 4.78 is 0. The van der Waals surface area contributed by atoms with Gasteiger partial charge in [-0.1, -0.05) is 56.3 Å². The van der Waals surface area contributed by atoms with E-state index in [4.69, 9.17) is 0 Å². The zero-order valence-corrected chi connectivity index (χ0v) is 18.7. The molecule has 0 radical (unpaired) electrons. The molecule has 4 heteroatoms. The van der Waals surface area contributed by atoms with Crippen molar-refractivity contribution in [1.29, 1.82) is 0 Å². The number of fused-ring (bicyclic) bond motifs is 1. The molecule has 0 unspecified atom stereocenters. The molecule has 0 amide bonds. The first-order valence-corrected chi connectivity index (χ1v) is 11.6. The maximum absolute atomic E-state index is 13.4. The van der Waals surface area contributed by atoms with E-state index in [1.165, 1.54) is 5.56 Å². The molecule has 0 saturated carbocycles. The van der Waals surface area contributed by atoms with Gasteiger partial charge in [0.15, 0.2) is 5.78 Å². The molecular weight excluding hydrogens is 382 g/mol. The first-order chi connectivity index (χ1) is 15.0. The van der Waals surface area contributed by atoms with Gasteiger partial charge in [0.1, 0.15) is 0 Å². The molecule has 2 aromatic carbocycles. The van der Waals surface area contributed by atoms with Crippen LogP contribution in [0.25, 0.3) is 0 Å². The largest absolute Gasteiger partial charge is 0.376 e. The zero-order valence-electron chi connectivity index (χ0n) is 18.7. The number of likely N-dealkylation sites (tertiary alicyclic amines) is 1. The number of nitrogens with one attached hydrogen (secondary N) is 2. The number of ketones is 1. The van der Waals surface area contributed by atoms with Gasteiger partial charge in [0, 0.05) is 24.2 Å². The molecule has 1 fully saturated rings. The highest BCUT2D eigenvalue weighted by Gasteiger charge is 2.41. The van der Waals surface area contributed by atoms with E-state index in [1.807, 2.05) is 0 Å². The van der Waals surface area contributed by atoms with Crippen LogP contribution in [0.15, 0.2) is 65.9 Å². The fourth-order valence-corrected chi connectivity index (χ4v) is 5.57. The number of hydrogen-bond donors (Lipinski definition) is 2. The Kier molecular flexibility index (Phi) is 5.35. The smallest absolute Gasteiger partial charge is 0.163 e. The average Bonchev–Trinajstić information content (AvgIpc) is 2.90. The van der Waals surface area contributed by atoms with Crippen LogP contribution in [0.4, 0.5) is 11.4 Å². The molecule has 1 saturated heterocycles. The Morgan fingerprint density at radius 1 is 0.935 bits per heavy atom. The van der Waals surface area contributed by atoms with Gasteiger partial charge in [0.2, 0.25) is 0 Å². The average molecular weight is 416 g/mol.